The van der Waals surface area contributed by atoms with Crippen LogP contribution in [0.2, 0.25) is 0 Å². The molecule has 18 heavy (non-hydrogen) atoms. The third-order valence-electron chi connectivity index (χ3n) is 2.80. The summed E-state index contributed by atoms with van der Waals surface area (Å²) in [6, 6.07) is 1.58. The van der Waals surface area contributed by atoms with E-state index in [1.54, 1.807) is 31.3 Å². The minimum Gasteiger partial charge on any atom is -0.481 e. The first-order chi connectivity index (χ1) is 8.41. The van der Waals surface area contributed by atoms with Crippen LogP contribution in [0, 0.1) is 12.8 Å². The van der Waals surface area contributed by atoms with Gasteiger partial charge in [0.1, 0.15) is 0 Å². The summed E-state index contributed by atoms with van der Waals surface area (Å²) in [5.41, 5.74) is 1.12. The molecule has 1 aromatic heterocycles. The molecule has 5 heteroatoms. The van der Waals surface area contributed by atoms with E-state index in [9.17, 15) is 9.59 Å². The SMILES string of the molecule is Cc1ccsc1/C=C/C(=O)NC(C)C(C)C(=O)O. The number of aryl methyl sites for hydroxylation is 1. The molecule has 0 aliphatic heterocycles. The quantitative estimate of drug-likeness (QED) is 0.804. The highest BCUT2D eigenvalue weighted by Gasteiger charge is 2.19. The topological polar surface area (TPSA) is 66.4 Å². The molecule has 0 bridgehead atoms. The van der Waals surface area contributed by atoms with E-state index in [1.807, 2.05) is 18.4 Å². The van der Waals surface area contributed by atoms with Crippen molar-refractivity contribution in [3.05, 3.63) is 28.0 Å². The lowest BCUT2D eigenvalue weighted by atomic mass is 10.0. The highest BCUT2D eigenvalue weighted by Crippen LogP contribution is 2.16. The molecule has 2 N–H and O–H groups in total. The Hall–Kier alpha value is -1.62. The highest BCUT2D eigenvalue weighted by molar-refractivity contribution is 7.11. The van der Waals surface area contributed by atoms with Crippen LogP contribution in [-0.2, 0) is 9.59 Å². The van der Waals surface area contributed by atoms with Crippen molar-refractivity contribution in [3.63, 3.8) is 0 Å². The largest absolute Gasteiger partial charge is 0.481 e. The molecule has 0 aliphatic rings. The molecular weight excluding hydrogens is 250 g/mol. The average Bonchev–Trinajstić information content (AvgIpc) is 2.71. The Kier molecular flexibility index (Phi) is 5.09. The Balaban J connectivity index is 2.54. The molecule has 0 spiro atoms. The van der Waals surface area contributed by atoms with Gasteiger partial charge in [-0.15, -0.1) is 11.3 Å². The number of aliphatic carboxylic acids is 1. The molecule has 0 radical (unpaired) electrons. The first kappa shape index (κ1) is 14.4. The third kappa shape index (κ3) is 4.00. The molecule has 4 nitrogen and oxygen atoms in total. The number of thiophene rings is 1. The van der Waals surface area contributed by atoms with Gasteiger partial charge in [-0.05, 0) is 43.9 Å². The number of hydrogen-bond acceptors (Lipinski definition) is 3. The number of carboxylic acids is 1. The standard InChI is InChI=1S/C13H17NO3S/c1-8-6-7-18-11(8)4-5-12(15)14-10(3)9(2)13(16)17/h4-7,9-10H,1-3H3,(H,14,15)(H,16,17)/b5-4+. The van der Waals surface area contributed by atoms with Crippen LogP contribution in [0.25, 0.3) is 6.08 Å². The number of rotatable bonds is 5. The van der Waals surface area contributed by atoms with Crippen LogP contribution in [0.5, 0.6) is 0 Å². The number of nitrogens with one attached hydrogen (secondary N) is 1. The number of hydrogen-bond donors (Lipinski definition) is 2. The number of amides is 1. The zero-order valence-corrected chi connectivity index (χ0v) is 11.5. The van der Waals surface area contributed by atoms with E-state index in [4.69, 9.17) is 5.11 Å². The predicted octanol–water partition coefficient (Wildman–Crippen LogP) is 2.30. The molecule has 0 aliphatic carbocycles. The van der Waals surface area contributed by atoms with Gasteiger partial charge < -0.3 is 10.4 Å². The van der Waals surface area contributed by atoms with Gasteiger partial charge in [0.15, 0.2) is 0 Å². The molecular formula is C13H17NO3S. The normalized spacial score (nSPS) is 14.4. The molecule has 0 saturated heterocycles. The zero-order valence-electron chi connectivity index (χ0n) is 10.6. The van der Waals surface area contributed by atoms with Crippen LogP contribution in [0.4, 0.5) is 0 Å². The highest BCUT2D eigenvalue weighted by atomic mass is 32.1. The number of carboxylic acid groups (broad SMARTS) is 1. The van der Waals surface area contributed by atoms with E-state index in [-0.39, 0.29) is 5.91 Å². The second-order valence-electron chi connectivity index (χ2n) is 4.23. The van der Waals surface area contributed by atoms with Crippen LogP contribution in [-0.4, -0.2) is 23.0 Å². The van der Waals surface area contributed by atoms with Crippen molar-refractivity contribution in [1.29, 1.82) is 0 Å². The maximum Gasteiger partial charge on any atom is 0.308 e. The van der Waals surface area contributed by atoms with Crippen molar-refractivity contribution >= 4 is 29.3 Å². The van der Waals surface area contributed by atoms with Crippen molar-refractivity contribution < 1.29 is 14.7 Å². The molecule has 1 amide bonds. The monoisotopic (exact) mass is 267 g/mol. The number of carbonyl (C=O) groups excluding carboxylic acids is 1. The lowest BCUT2D eigenvalue weighted by molar-refractivity contribution is -0.142. The van der Waals surface area contributed by atoms with Crippen molar-refractivity contribution in [1.82, 2.24) is 5.32 Å². The van der Waals surface area contributed by atoms with Gasteiger partial charge in [0, 0.05) is 17.0 Å². The Morgan fingerprint density at radius 3 is 2.61 bits per heavy atom. The molecule has 98 valence electrons. The van der Waals surface area contributed by atoms with Crippen LogP contribution in [0.15, 0.2) is 17.5 Å². The minimum absolute atomic E-state index is 0.275. The fourth-order valence-corrected chi connectivity index (χ4v) is 2.14. The maximum absolute atomic E-state index is 11.6. The summed E-state index contributed by atoms with van der Waals surface area (Å²) in [5, 5.41) is 13.4. The Bertz CT molecular complexity index is 465. The van der Waals surface area contributed by atoms with Crippen molar-refractivity contribution in [2.45, 2.75) is 26.8 Å². The minimum atomic E-state index is -0.916. The Labute approximate surface area is 110 Å². The molecule has 0 saturated carbocycles. The molecule has 1 heterocycles. The first-order valence-electron chi connectivity index (χ1n) is 5.67. The zero-order chi connectivity index (χ0) is 13.7. The van der Waals surface area contributed by atoms with Crippen LogP contribution in [0.3, 0.4) is 0 Å². The van der Waals surface area contributed by atoms with Crippen molar-refractivity contribution in [3.8, 4) is 0 Å². The third-order valence-corrected chi connectivity index (χ3v) is 3.78. The van der Waals surface area contributed by atoms with Gasteiger partial charge >= 0.3 is 5.97 Å². The molecule has 0 fully saturated rings. The van der Waals surface area contributed by atoms with Gasteiger partial charge in [0.05, 0.1) is 5.92 Å². The van der Waals surface area contributed by atoms with Crippen molar-refractivity contribution in [2.24, 2.45) is 5.92 Å². The summed E-state index contributed by atoms with van der Waals surface area (Å²) in [4.78, 5) is 23.4. The molecule has 1 aromatic rings. The Morgan fingerprint density at radius 2 is 2.11 bits per heavy atom. The van der Waals surface area contributed by atoms with Gasteiger partial charge in [-0.2, -0.15) is 0 Å². The Morgan fingerprint density at radius 1 is 1.44 bits per heavy atom. The fraction of sp³-hybridized carbons (Fsp3) is 0.385. The second-order valence-corrected chi connectivity index (χ2v) is 5.17. The fourth-order valence-electron chi connectivity index (χ4n) is 1.32. The van der Waals surface area contributed by atoms with Crippen LogP contribution >= 0.6 is 11.3 Å². The lowest BCUT2D eigenvalue weighted by Gasteiger charge is -2.16. The molecule has 0 aromatic carbocycles. The summed E-state index contributed by atoms with van der Waals surface area (Å²) in [5.74, 6) is -1.80. The first-order valence-corrected chi connectivity index (χ1v) is 6.55. The van der Waals surface area contributed by atoms with Gasteiger partial charge in [-0.1, -0.05) is 0 Å². The van der Waals surface area contributed by atoms with E-state index in [2.05, 4.69) is 5.32 Å². The van der Waals surface area contributed by atoms with Gasteiger partial charge in [0.2, 0.25) is 5.91 Å². The van der Waals surface area contributed by atoms with E-state index >= 15 is 0 Å². The van der Waals surface area contributed by atoms with Crippen molar-refractivity contribution in [2.75, 3.05) is 0 Å². The molecule has 1 rings (SSSR count). The van der Waals surface area contributed by atoms with E-state index in [1.165, 1.54) is 6.08 Å². The summed E-state index contributed by atoms with van der Waals surface area (Å²) in [7, 11) is 0. The maximum atomic E-state index is 11.6. The van der Waals surface area contributed by atoms with Crippen LogP contribution < -0.4 is 5.32 Å². The van der Waals surface area contributed by atoms with E-state index < -0.39 is 17.9 Å². The van der Waals surface area contributed by atoms with E-state index in [0.29, 0.717) is 0 Å². The summed E-state index contributed by atoms with van der Waals surface area (Å²) < 4.78 is 0. The number of carbonyl (C=O) groups is 2. The smallest absolute Gasteiger partial charge is 0.308 e. The van der Waals surface area contributed by atoms with Crippen LogP contribution in [0.1, 0.15) is 24.3 Å². The van der Waals surface area contributed by atoms with E-state index in [0.717, 1.165) is 10.4 Å². The predicted molar refractivity (Wildman–Crippen MR) is 72.5 cm³/mol. The lowest BCUT2D eigenvalue weighted by Crippen LogP contribution is -2.39. The summed E-state index contributed by atoms with van der Waals surface area (Å²) >= 11 is 1.56. The summed E-state index contributed by atoms with van der Waals surface area (Å²) in [6.07, 6.45) is 3.18. The van der Waals surface area contributed by atoms with Gasteiger partial charge in [-0.3, -0.25) is 9.59 Å². The van der Waals surface area contributed by atoms with Gasteiger partial charge in [-0.25, -0.2) is 0 Å². The van der Waals surface area contributed by atoms with Gasteiger partial charge in [0.25, 0.3) is 0 Å². The molecule has 2 atom stereocenters. The summed E-state index contributed by atoms with van der Waals surface area (Å²) in [6.45, 7) is 5.23. The second kappa shape index (κ2) is 6.35. The average molecular weight is 267 g/mol. The molecule has 2 unspecified atom stereocenters.